The predicted molar refractivity (Wildman–Crippen MR) is 111 cm³/mol. The molecule has 0 bridgehead atoms. The van der Waals surface area contributed by atoms with Gasteiger partial charge < -0.3 is 19.4 Å². The summed E-state index contributed by atoms with van der Waals surface area (Å²) in [6.45, 7) is 8.12. The van der Waals surface area contributed by atoms with Gasteiger partial charge in [-0.3, -0.25) is 9.59 Å². The van der Waals surface area contributed by atoms with Crippen LogP contribution in [0.25, 0.3) is 0 Å². The van der Waals surface area contributed by atoms with E-state index in [2.05, 4.69) is 4.98 Å². The molecule has 2 N–H and O–H groups in total. The molecule has 0 radical (unpaired) electrons. The number of carbonyl (C=O) groups excluding carboxylic acids is 2. The summed E-state index contributed by atoms with van der Waals surface area (Å²) in [5, 5.41) is 0. The molecule has 1 aliphatic heterocycles. The molecule has 1 fully saturated rings. The molecule has 3 atom stereocenters. The molecule has 2 heterocycles. The first-order valence-electron chi connectivity index (χ1n) is 10.1. The lowest BCUT2D eigenvalue weighted by Crippen LogP contribution is -3.14. The van der Waals surface area contributed by atoms with Crippen molar-refractivity contribution in [1.82, 2.24) is 4.98 Å². The number of methoxy groups -OCH3 is 2. The SMILES string of the molecule is COc1ccc(OC)c([C@H]2CCC[NH+]2[C@@H](C)C(=O)c2[nH]c(C)c(C(C)=O)c2C)c1. The van der Waals surface area contributed by atoms with E-state index in [1.807, 2.05) is 39.0 Å². The Hall–Kier alpha value is -2.60. The number of hydrogen-bond acceptors (Lipinski definition) is 4. The monoisotopic (exact) mass is 399 g/mol. The Bertz CT molecular complexity index is 931. The van der Waals surface area contributed by atoms with Crippen LogP contribution >= 0.6 is 0 Å². The second kappa shape index (κ2) is 8.41. The topological polar surface area (TPSA) is 72.8 Å². The molecule has 6 heteroatoms. The second-order valence-corrected chi connectivity index (χ2v) is 7.89. The van der Waals surface area contributed by atoms with E-state index in [1.54, 1.807) is 14.2 Å². The number of aromatic amines is 1. The van der Waals surface area contributed by atoms with Crippen LogP contribution in [0, 0.1) is 13.8 Å². The van der Waals surface area contributed by atoms with Crippen LogP contribution in [0.5, 0.6) is 11.5 Å². The normalized spacial score (nSPS) is 19.8. The number of benzene rings is 1. The van der Waals surface area contributed by atoms with E-state index in [0.717, 1.165) is 47.7 Å². The number of rotatable bonds is 7. The third-order valence-electron chi connectivity index (χ3n) is 6.20. The minimum Gasteiger partial charge on any atom is -0.497 e. The van der Waals surface area contributed by atoms with Gasteiger partial charge in [-0.05, 0) is 51.5 Å². The van der Waals surface area contributed by atoms with Crippen molar-refractivity contribution in [3.05, 3.63) is 46.3 Å². The Morgan fingerprint density at radius 1 is 1.21 bits per heavy atom. The summed E-state index contributed by atoms with van der Waals surface area (Å²) in [6.07, 6.45) is 2.03. The Morgan fingerprint density at radius 2 is 1.93 bits per heavy atom. The van der Waals surface area contributed by atoms with Gasteiger partial charge in [0.25, 0.3) is 0 Å². The van der Waals surface area contributed by atoms with Gasteiger partial charge in [-0.2, -0.15) is 0 Å². The van der Waals surface area contributed by atoms with Crippen LogP contribution in [-0.2, 0) is 0 Å². The van der Waals surface area contributed by atoms with Gasteiger partial charge in [-0.15, -0.1) is 0 Å². The first-order valence-corrected chi connectivity index (χ1v) is 10.1. The lowest BCUT2D eigenvalue weighted by Gasteiger charge is -2.28. The van der Waals surface area contributed by atoms with Crippen molar-refractivity contribution >= 4 is 11.6 Å². The van der Waals surface area contributed by atoms with Crippen LogP contribution in [0.2, 0.25) is 0 Å². The summed E-state index contributed by atoms with van der Waals surface area (Å²) in [7, 11) is 3.32. The lowest BCUT2D eigenvalue weighted by atomic mass is 9.99. The number of quaternary nitrogens is 1. The molecule has 0 saturated carbocycles. The van der Waals surface area contributed by atoms with Crippen molar-refractivity contribution < 1.29 is 24.0 Å². The number of ketones is 2. The fraction of sp³-hybridized carbons (Fsp3) is 0.478. The molecule has 1 saturated heterocycles. The Labute approximate surface area is 172 Å². The second-order valence-electron chi connectivity index (χ2n) is 7.89. The van der Waals surface area contributed by atoms with Crippen LogP contribution < -0.4 is 14.4 Å². The first-order chi connectivity index (χ1) is 13.8. The highest BCUT2D eigenvalue weighted by atomic mass is 16.5. The van der Waals surface area contributed by atoms with Gasteiger partial charge in [0.1, 0.15) is 17.5 Å². The van der Waals surface area contributed by atoms with Gasteiger partial charge in [0.2, 0.25) is 5.78 Å². The van der Waals surface area contributed by atoms with E-state index in [-0.39, 0.29) is 23.7 Å². The van der Waals surface area contributed by atoms with Crippen LogP contribution in [0.1, 0.15) is 70.4 Å². The summed E-state index contributed by atoms with van der Waals surface area (Å²) in [5.41, 5.74) is 3.76. The molecular weight excluding hydrogens is 368 g/mol. The summed E-state index contributed by atoms with van der Waals surface area (Å²) in [6, 6.07) is 5.75. The number of carbonyl (C=O) groups is 2. The molecule has 2 aromatic rings. The van der Waals surface area contributed by atoms with Gasteiger partial charge in [0, 0.05) is 24.1 Å². The van der Waals surface area contributed by atoms with Crippen molar-refractivity contribution in [3.8, 4) is 11.5 Å². The third-order valence-corrected chi connectivity index (χ3v) is 6.20. The van der Waals surface area contributed by atoms with Crippen molar-refractivity contribution in [2.45, 2.75) is 52.6 Å². The zero-order valence-electron chi connectivity index (χ0n) is 18.1. The molecule has 6 nitrogen and oxygen atoms in total. The van der Waals surface area contributed by atoms with Gasteiger partial charge >= 0.3 is 0 Å². The zero-order valence-corrected chi connectivity index (χ0v) is 18.1. The molecule has 29 heavy (non-hydrogen) atoms. The van der Waals surface area contributed by atoms with Crippen molar-refractivity contribution in [3.63, 3.8) is 0 Å². The van der Waals surface area contributed by atoms with Gasteiger partial charge in [-0.25, -0.2) is 0 Å². The number of H-pyrrole nitrogens is 1. The number of aryl methyl sites for hydroxylation is 1. The summed E-state index contributed by atoms with van der Waals surface area (Å²) in [5.74, 6) is 1.63. The summed E-state index contributed by atoms with van der Waals surface area (Å²) >= 11 is 0. The molecule has 1 aliphatic rings. The fourth-order valence-corrected chi connectivity index (χ4v) is 4.76. The van der Waals surface area contributed by atoms with E-state index >= 15 is 0 Å². The molecule has 1 aromatic heterocycles. The Balaban J connectivity index is 1.93. The predicted octanol–water partition coefficient (Wildman–Crippen LogP) is 2.84. The number of likely N-dealkylation sites (tertiary alicyclic amines) is 1. The number of nitrogens with one attached hydrogen (secondary N) is 2. The average molecular weight is 400 g/mol. The van der Waals surface area contributed by atoms with Crippen LogP contribution in [-0.4, -0.2) is 43.4 Å². The third kappa shape index (κ3) is 3.81. The molecule has 3 rings (SSSR count). The minimum atomic E-state index is -0.241. The summed E-state index contributed by atoms with van der Waals surface area (Å²) in [4.78, 5) is 29.7. The fourth-order valence-electron chi connectivity index (χ4n) is 4.76. The zero-order chi connectivity index (χ0) is 21.3. The maximum Gasteiger partial charge on any atom is 0.236 e. The maximum absolute atomic E-state index is 13.4. The quantitative estimate of drug-likeness (QED) is 0.703. The maximum atomic E-state index is 13.4. The highest BCUT2D eigenvalue weighted by Crippen LogP contribution is 2.32. The molecule has 1 unspecified atom stereocenters. The summed E-state index contributed by atoms with van der Waals surface area (Å²) < 4.78 is 11.0. The van der Waals surface area contributed by atoms with Crippen LogP contribution in [0.3, 0.4) is 0 Å². The van der Waals surface area contributed by atoms with E-state index < -0.39 is 0 Å². The highest BCUT2D eigenvalue weighted by molar-refractivity contribution is 6.04. The molecule has 0 aliphatic carbocycles. The standard InChI is InChI=1S/C23H30N2O4/c1-13-21(16(4)26)14(2)24-22(13)23(27)15(3)25-11-7-8-19(25)18-12-17(28-5)9-10-20(18)29-6/h9-10,12,15,19,24H,7-8,11H2,1-6H3/p+1/t15-,19+/m0/s1. The first kappa shape index (κ1) is 21.1. The highest BCUT2D eigenvalue weighted by Gasteiger charge is 2.40. The minimum absolute atomic E-state index is 0.0181. The van der Waals surface area contributed by atoms with E-state index in [9.17, 15) is 9.59 Å². The van der Waals surface area contributed by atoms with Gasteiger partial charge in [-0.1, -0.05) is 0 Å². The molecule has 0 amide bonds. The van der Waals surface area contributed by atoms with Crippen LogP contribution in [0.4, 0.5) is 0 Å². The van der Waals surface area contributed by atoms with E-state index in [4.69, 9.17) is 9.47 Å². The Morgan fingerprint density at radius 3 is 2.52 bits per heavy atom. The molecular formula is C23H31N2O4+. The van der Waals surface area contributed by atoms with E-state index in [1.165, 1.54) is 11.8 Å². The molecule has 156 valence electrons. The van der Waals surface area contributed by atoms with Gasteiger partial charge in [0.15, 0.2) is 11.8 Å². The molecule has 0 spiro atoms. The van der Waals surface area contributed by atoms with Crippen molar-refractivity contribution in [1.29, 1.82) is 0 Å². The van der Waals surface area contributed by atoms with Crippen molar-refractivity contribution in [2.24, 2.45) is 0 Å². The van der Waals surface area contributed by atoms with Crippen molar-refractivity contribution in [2.75, 3.05) is 20.8 Å². The number of ether oxygens (including phenoxy) is 2. The smallest absolute Gasteiger partial charge is 0.236 e. The van der Waals surface area contributed by atoms with E-state index in [0.29, 0.717) is 11.3 Å². The average Bonchev–Trinajstić information content (AvgIpc) is 3.30. The van der Waals surface area contributed by atoms with Crippen LogP contribution in [0.15, 0.2) is 18.2 Å². The largest absolute Gasteiger partial charge is 0.497 e. The number of Topliss-reactive ketones (excluding diaryl/α,β-unsaturated/α-hetero) is 2. The molecule has 1 aromatic carbocycles. The lowest BCUT2D eigenvalue weighted by molar-refractivity contribution is -0.931. The Kier molecular flexibility index (Phi) is 6.13. The number of aromatic nitrogens is 1. The number of hydrogen-bond donors (Lipinski definition) is 2. The van der Waals surface area contributed by atoms with Gasteiger partial charge in [0.05, 0.1) is 32.0 Å².